The highest BCUT2D eigenvalue weighted by Crippen LogP contribution is 2.21. The van der Waals surface area contributed by atoms with E-state index in [0.717, 1.165) is 5.69 Å². The molecule has 0 atom stereocenters. The van der Waals surface area contributed by atoms with Crippen LogP contribution < -0.4 is 11.1 Å². The second-order valence-electron chi connectivity index (χ2n) is 3.08. The molecule has 0 saturated carbocycles. The molecule has 0 aliphatic heterocycles. The van der Waals surface area contributed by atoms with E-state index in [1.807, 2.05) is 24.3 Å². The third-order valence-corrected chi connectivity index (χ3v) is 2.16. The quantitative estimate of drug-likeness (QED) is 0.816. The number of hydrogen-bond donors (Lipinski definition) is 2. The van der Waals surface area contributed by atoms with Crippen LogP contribution in [0.2, 0.25) is 5.02 Å². The summed E-state index contributed by atoms with van der Waals surface area (Å²) in [4.78, 5) is 4.12. The van der Waals surface area contributed by atoms with Crippen molar-refractivity contribution in [3.8, 4) is 0 Å². The van der Waals surface area contributed by atoms with Crippen LogP contribution in [-0.2, 0) is 0 Å². The van der Waals surface area contributed by atoms with Gasteiger partial charge in [-0.1, -0.05) is 17.7 Å². The van der Waals surface area contributed by atoms with E-state index in [9.17, 15) is 0 Å². The van der Waals surface area contributed by atoms with Gasteiger partial charge in [0.25, 0.3) is 0 Å². The summed E-state index contributed by atoms with van der Waals surface area (Å²) in [6.07, 6.45) is 1.68. The molecule has 2 aromatic rings. The highest BCUT2D eigenvalue weighted by Gasteiger charge is 1.99. The second-order valence-corrected chi connectivity index (χ2v) is 3.51. The lowest BCUT2D eigenvalue weighted by Crippen LogP contribution is -1.98. The third-order valence-electron chi connectivity index (χ3n) is 1.93. The first-order valence-corrected chi connectivity index (χ1v) is 4.86. The van der Waals surface area contributed by atoms with E-state index in [0.29, 0.717) is 16.5 Å². The molecule has 4 heteroatoms. The highest BCUT2D eigenvalue weighted by atomic mass is 35.5. The van der Waals surface area contributed by atoms with E-state index in [4.69, 9.17) is 17.3 Å². The van der Waals surface area contributed by atoms with Crippen molar-refractivity contribution in [3.63, 3.8) is 0 Å². The summed E-state index contributed by atoms with van der Waals surface area (Å²) >= 11 is 5.86. The SMILES string of the molecule is Nc1cccnc1Nc1cccc(Cl)c1. The lowest BCUT2D eigenvalue weighted by Gasteiger charge is -2.07. The van der Waals surface area contributed by atoms with Crippen LogP contribution in [0.15, 0.2) is 42.6 Å². The summed E-state index contributed by atoms with van der Waals surface area (Å²) in [5.41, 5.74) is 7.23. The van der Waals surface area contributed by atoms with Crippen LogP contribution in [0.3, 0.4) is 0 Å². The molecule has 0 radical (unpaired) electrons. The molecule has 1 aromatic carbocycles. The number of rotatable bonds is 2. The van der Waals surface area contributed by atoms with E-state index >= 15 is 0 Å². The Bertz CT molecular complexity index is 471. The normalized spacial score (nSPS) is 9.93. The summed E-state index contributed by atoms with van der Waals surface area (Å²) in [6, 6.07) is 11.0. The number of hydrogen-bond acceptors (Lipinski definition) is 3. The van der Waals surface area contributed by atoms with Crippen LogP contribution in [0.4, 0.5) is 17.2 Å². The number of benzene rings is 1. The lowest BCUT2D eigenvalue weighted by atomic mass is 10.3. The first kappa shape index (κ1) is 9.80. The highest BCUT2D eigenvalue weighted by molar-refractivity contribution is 6.30. The van der Waals surface area contributed by atoms with Crippen molar-refractivity contribution >= 4 is 28.8 Å². The molecule has 0 saturated heterocycles. The summed E-state index contributed by atoms with van der Waals surface area (Å²) in [5, 5.41) is 3.77. The van der Waals surface area contributed by atoms with E-state index in [1.54, 1.807) is 18.3 Å². The minimum absolute atomic E-state index is 0.609. The second kappa shape index (κ2) is 4.19. The number of nitrogens with two attached hydrogens (primary N) is 1. The van der Waals surface area contributed by atoms with Gasteiger partial charge in [0.1, 0.15) is 0 Å². The van der Waals surface area contributed by atoms with Gasteiger partial charge in [0.15, 0.2) is 5.82 Å². The van der Waals surface area contributed by atoms with Crippen molar-refractivity contribution in [1.82, 2.24) is 4.98 Å². The summed E-state index contributed by atoms with van der Waals surface area (Å²) in [6.45, 7) is 0. The minimum Gasteiger partial charge on any atom is -0.396 e. The number of pyridine rings is 1. The van der Waals surface area contributed by atoms with Gasteiger partial charge in [0.05, 0.1) is 5.69 Å². The van der Waals surface area contributed by atoms with Crippen molar-refractivity contribution in [2.24, 2.45) is 0 Å². The number of nitrogen functional groups attached to an aromatic ring is 1. The van der Waals surface area contributed by atoms with Crippen LogP contribution in [0.25, 0.3) is 0 Å². The Morgan fingerprint density at radius 2 is 2.07 bits per heavy atom. The maximum absolute atomic E-state index is 5.86. The zero-order chi connectivity index (χ0) is 10.7. The molecular weight excluding hydrogens is 210 g/mol. The van der Waals surface area contributed by atoms with E-state index in [1.165, 1.54) is 0 Å². The van der Waals surface area contributed by atoms with Crippen LogP contribution >= 0.6 is 11.6 Å². The molecule has 0 aliphatic rings. The molecule has 2 rings (SSSR count). The van der Waals surface area contributed by atoms with Gasteiger partial charge in [0, 0.05) is 16.9 Å². The predicted octanol–water partition coefficient (Wildman–Crippen LogP) is 3.06. The van der Waals surface area contributed by atoms with Crippen molar-refractivity contribution < 1.29 is 0 Å². The first-order valence-electron chi connectivity index (χ1n) is 4.49. The smallest absolute Gasteiger partial charge is 0.153 e. The fraction of sp³-hybridized carbons (Fsp3) is 0. The van der Waals surface area contributed by atoms with Crippen molar-refractivity contribution in [2.75, 3.05) is 11.1 Å². The molecule has 3 N–H and O–H groups in total. The molecule has 76 valence electrons. The predicted molar refractivity (Wildman–Crippen MR) is 63.4 cm³/mol. The molecule has 0 bridgehead atoms. The van der Waals surface area contributed by atoms with Crippen LogP contribution in [0, 0.1) is 0 Å². The Morgan fingerprint density at radius 3 is 2.80 bits per heavy atom. The molecule has 1 aromatic heterocycles. The number of anilines is 3. The van der Waals surface area contributed by atoms with Gasteiger partial charge in [-0.05, 0) is 30.3 Å². The number of nitrogens with one attached hydrogen (secondary N) is 1. The molecular formula is C11H10ClN3. The monoisotopic (exact) mass is 219 g/mol. The van der Waals surface area contributed by atoms with E-state index < -0.39 is 0 Å². The van der Waals surface area contributed by atoms with E-state index in [2.05, 4.69) is 10.3 Å². The van der Waals surface area contributed by atoms with Gasteiger partial charge in [-0.2, -0.15) is 0 Å². The zero-order valence-corrected chi connectivity index (χ0v) is 8.70. The van der Waals surface area contributed by atoms with Gasteiger partial charge in [0.2, 0.25) is 0 Å². The number of halogens is 1. The molecule has 0 spiro atoms. The Hall–Kier alpha value is -1.74. The Labute approximate surface area is 92.9 Å². The molecule has 15 heavy (non-hydrogen) atoms. The average molecular weight is 220 g/mol. The molecule has 0 aliphatic carbocycles. The van der Waals surface area contributed by atoms with Gasteiger partial charge in [-0.15, -0.1) is 0 Å². The maximum atomic E-state index is 5.86. The van der Waals surface area contributed by atoms with Gasteiger partial charge < -0.3 is 11.1 Å². The van der Waals surface area contributed by atoms with Crippen LogP contribution in [0.5, 0.6) is 0 Å². The fourth-order valence-electron chi connectivity index (χ4n) is 1.23. The summed E-state index contributed by atoms with van der Waals surface area (Å²) in [5.74, 6) is 0.639. The Morgan fingerprint density at radius 1 is 1.20 bits per heavy atom. The Kier molecular flexibility index (Phi) is 2.74. The molecule has 0 unspecified atom stereocenters. The van der Waals surface area contributed by atoms with Gasteiger partial charge in [-0.3, -0.25) is 0 Å². The maximum Gasteiger partial charge on any atom is 0.153 e. The molecule has 0 amide bonds. The summed E-state index contributed by atoms with van der Waals surface area (Å²) in [7, 11) is 0. The molecule has 3 nitrogen and oxygen atoms in total. The Balaban J connectivity index is 2.26. The fourth-order valence-corrected chi connectivity index (χ4v) is 1.42. The third kappa shape index (κ3) is 2.39. The summed E-state index contributed by atoms with van der Waals surface area (Å²) < 4.78 is 0. The lowest BCUT2D eigenvalue weighted by molar-refractivity contribution is 1.31. The van der Waals surface area contributed by atoms with Crippen molar-refractivity contribution in [2.45, 2.75) is 0 Å². The number of aromatic nitrogens is 1. The van der Waals surface area contributed by atoms with Crippen LogP contribution in [0.1, 0.15) is 0 Å². The topological polar surface area (TPSA) is 50.9 Å². The van der Waals surface area contributed by atoms with E-state index in [-0.39, 0.29) is 0 Å². The number of nitrogens with zero attached hydrogens (tertiary/aromatic N) is 1. The standard InChI is InChI=1S/C11H10ClN3/c12-8-3-1-4-9(7-8)15-11-10(13)5-2-6-14-11/h1-7H,13H2,(H,14,15). The first-order chi connectivity index (χ1) is 7.25. The van der Waals surface area contributed by atoms with Crippen LogP contribution in [-0.4, -0.2) is 4.98 Å². The molecule has 1 heterocycles. The van der Waals surface area contributed by atoms with Crippen molar-refractivity contribution in [1.29, 1.82) is 0 Å². The average Bonchev–Trinajstić information content (AvgIpc) is 2.22. The van der Waals surface area contributed by atoms with Gasteiger partial charge >= 0.3 is 0 Å². The van der Waals surface area contributed by atoms with Gasteiger partial charge in [-0.25, -0.2) is 4.98 Å². The van der Waals surface area contributed by atoms with Crippen molar-refractivity contribution in [3.05, 3.63) is 47.6 Å². The largest absolute Gasteiger partial charge is 0.396 e. The zero-order valence-electron chi connectivity index (χ0n) is 7.94. The minimum atomic E-state index is 0.609. The molecule has 0 fully saturated rings.